The van der Waals surface area contributed by atoms with E-state index in [1.54, 1.807) is 0 Å². The number of nitrogens with two attached hydrogens (primary N) is 1. The van der Waals surface area contributed by atoms with E-state index >= 15 is 0 Å². The summed E-state index contributed by atoms with van der Waals surface area (Å²) in [6.07, 6.45) is 3.40. The first-order valence-corrected chi connectivity index (χ1v) is 7.21. The molecule has 1 fully saturated rings. The van der Waals surface area contributed by atoms with Gasteiger partial charge in [0.05, 0.1) is 0 Å². The smallest absolute Gasteiger partial charge is 0.0230 e. The van der Waals surface area contributed by atoms with E-state index in [9.17, 15) is 0 Å². The van der Waals surface area contributed by atoms with Crippen LogP contribution in [0.25, 0.3) is 0 Å². The molecule has 0 bridgehead atoms. The fourth-order valence-electron chi connectivity index (χ4n) is 2.37. The van der Waals surface area contributed by atoms with Gasteiger partial charge in [-0.2, -0.15) is 11.8 Å². The van der Waals surface area contributed by atoms with Gasteiger partial charge in [-0.15, -0.1) is 0 Å². The van der Waals surface area contributed by atoms with Crippen molar-refractivity contribution in [3.63, 3.8) is 0 Å². The van der Waals surface area contributed by atoms with Gasteiger partial charge in [0.15, 0.2) is 0 Å². The third-order valence-electron chi connectivity index (χ3n) is 3.28. The molecule has 1 saturated heterocycles. The third kappa shape index (κ3) is 3.94. The SMILES string of the molecule is CSCCC(CN)N1CCN(C)CC1C. The van der Waals surface area contributed by atoms with Crippen LogP contribution >= 0.6 is 11.8 Å². The Labute approximate surface area is 98.4 Å². The van der Waals surface area contributed by atoms with Gasteiger partial charge in [0, 0.05) is 38.3 Å². The molecule has 0 amide bonds. The summed E-state index contributed by atoms with van der Waals surface area (Å²) >= 11 is 1.92. The first-order chi connectivity index (χ1) is 7.19. The number of piperazine rings is 1. The van der Waals surface area contributed by atoms with E-state index in [2.05, 4.69) is 30.0 Å². The summed E-state index contributed by atoms with van der Waals surface area (Å²) in [7, 11) is 2.20. The first-order valence-electron chi connectivity index (χ1n) is 5.82. The van der Waals surface area contributed by atoms with Crippen molar-refractivity contribution in [2.75, 3.05) is 45.2 Å². The van der Waals surface area contributed by atoms with E-state index in [-0.39, 0.29) is 0 Å². The van der Waals surface area contributed by atoms with E-state index in [0.29, 0.717) is 12.1 Å². The molecule has 0 aromatic carbocycles. The molecule has 2 atom stereocenters. The molecular formula is C11H25N3S. The van der Waals surface area contributed by atoms with Crippen molar-refractivity contribution >= 4 is 11.8 Å². The van der Waals surface area contributed by atoms with Crippen LogP contribution in [-0.4, -0.2) is 67.1 Å². The minimum atomic E-state index is 0.584. The lowest BCUT2D eigenvalue weighted by atomic mass is 10.1. The highest BCUT2D eigenvalue weighted by Gasteiger charge is 2.26. The maximum absolute atomic E-state index is 5.88. The minimum absolute atomic E-state index is 0.584. The molecule has 4 heteroatoms. The molecule has 15 heavy (non-hydrogen) atoms. The van der Waals surface area contributed by atoms with Crippen LogP contribution in [-0.2, 0) is 0 Å². The molecule has 2 unspecified atom stereocenters. The van der Waals surface area contributed by atoms with Gasteiger partial charge >= 0.3 is 0 Å². The zero-order chi connectivity index (χ0) is 11.3. The monoisotopic (exact) mass is 231 g/mol. The second-order valence-corrected chi connectivity index (χ2v) is 5.51. The molecule has 0 aliphatic carbocycles. The van der Waals surface area contributed by atoms with Crippen molar-refractivity contribution in [2.24, 2.45) is 5.73 Å². The summed E-state index contributed by atoms with van der Waals surface area (Å²) in [4.78, 5) is 5.00. The Morgan fingerprint density at radius 3 is 2.73 bits per heavy atom. The molecule has 0 radical (unpaired) electrons. The Hall–Kier alpha value is 0.230. The van der Waals surface area contributed by atoms with Crippen molar-refractivity contribution in [3.05, 3.63) is 0 Å². The van der Waals surface area contributed by atoms with Crippen molar-refractivity contribution in [3.8, 4) is 0 Å². The average molecular weight is 231 g/mol. The predicted molar refractivity (Wildman–Crippen MR) is 69.5 cm³/mol. The number of rotatable bonds is 5. The van der Waals surface area contributed by atoms with E-state index in [0.717, 1.165) is 6.54 Å². The van der Waals surface area contributed by atoms with Gasteiger partial charge in [0.1, 0.15) is 0 Å². The fourth-order valence-corrected chi connectivity index (χ4v) is 2.88. The maximum Gasteiger partial charge on any atom is 0.0230 e. The Morgan fingerprint density at radius 2 is 2.20 bits per heavy atom. The molecule has 90 valence electrons. The van der Waals surface area contributed by atoms with E-state index in [1.807, 2.05) is 11.8 Å². The second-order valence-electron chi connectivity index (χ2n) is 4.52. The zero-order valence-corrected chi connectivity index (χ0v) is 11.1. The number of thioether (sulfide) groups is 1. The Balaban J connectivity index is 2.44. The molecular weight excluding hydrogens is 206 g/mol. The molecule has 1 heterocycles. The highest BCUT2D eigenvalue weighted by Crippen LogP contribution is 2.15. The summed E-state index contributed by atoms with van der Waals surface area (Å²) in [5, 5.41) is 0. The molecule has 0 aromatic rings. The largest absolute Gasteiger partial charge is 0.329 e. The van der Waals surface area contributed by atoms with Gasteiger partial charge in [0.25, 0.3) is 0 Å². The summed E-state index contributed by atoms with van der Waals surface area (Å²) in [5.74, 6) is 1.22. The van der Waals surface area contributed by atoms with Crippen molar-refractivity contribution in [1.82, 2.24) is 9.80 Å². The van der Waals surface area contributed by atoms with Crippen LogP contribution in [0, 0.1) is 0 Å². The third-order valence-corrected chi connectivity index (χ3v) is 3.92. The Bertz CT molecular complexity index is 177. The van der Waals surface area contributed by atoms with Crippen LogP contribution in [0.15, 0.2) is 0 Å². The lowest BCUT2D eigenvalue weighted by molar-refractivity contribution is 0.0629. The molecule has 0 aromatic heterocycles. The van der Waals surface area contributed by atoms with Crippen LogP contribution in [0.5, 0.6) is 0 Å². The summed E-state index contributed by atoms with van der Waals surface area (Å²) in [5.41, 5.74) is 5.88. The van der Waals surface area contributed by atoms with Crippen molar-refractivity contribution < 1.29 is 0 Å². The highest BCUT2D eigenvalue weighted by molar-refractivity contribution is 7.98. The van der Waals surface area contributed by atoms with Crippen molar-refractivity contribution in [1.29, 1.82) is 0 Å². The van der Waals surface area contributed by atoms with Gasteiger partial charge in [-0.3, -0.25) is 4.90 Å². The molecule has 0 saturated carbocycles. The molecule has 2 N–H and O–H groups in total. The normalized spacial score (nSPS) is 26.8. The zero-order valence-electron chi connectivity index (χ0n) is 10.3. The number of hydrogen-bond donors (Lipinski definition) is 1. The quantitative estimate of drug-likeness (QED) is 0.755. The summed E-state index contributed by atoms with van der Waals surface area (Å²) < 4.78 is 0. The molecule has 3 nitrogen and oxygen atoms in total. The maximum atomic E-state index is 5.88. The lowest BCUT2D eigenvalue weighted by Crippen LogP contribution is -2.56. The predicted octanol–water partition coefficient (Wildman–Crippen LogP) is 0.703. The molecule has 0 spiro atoms. The average Bonchev–Trinajstić information content (AvgIpc) is 2.21. The van der Waals surface area contributed by atoms with Gasteiger partial charge < -0.3 is 10.6 Å². The van der Waals surface area contributed by atoms with Gasteiger partial charge in [-0.25, -0.2) is 0 Å². The van der Waals surface area contributed by atoms with Crippen LogP contribution in [0.3, 0.4) is 0 Å². The molecule has 1 aliphatic rings. The van der Waals surface area contributed by atoms with E-state index in [4.69, 9.17) is 5.73 Å². The number of likely N-dealkylation sites (N-methyl/N-ethyl adjacent to an activating group) is 1. The Kier molecular flexibility index (Phi) is 5.97. The highest BCUT2D eigenvalue weighted by atomic mass is 32.2. The topological polar surface area (TPSA) is 32.5 Å². The number of nitrogens with zero attached hydrogens (tertiary/aromatic N) is 2. The van der Waals surface area contributed by atoms with Crippen LogP contribution in [0.4, 0.5) is 0 Å². The van der Waals surface area contributed by atoms with Crippen LogP contribution in [0.1, 0.15) is 13.3 Å². The summed E-state index contributed by atoms with van der Waals surface area (Å²) in [6.45, 7) is 6.65. The Morgan fingerprint density at radius 1 is 1.47 bits per heavy atom. The number of hydrogen-bond acceptors (Lipinski definition) is 4. The van der Waals surface area contributed by atoms with Gasteiger partial charge in [-0.1, -0.05) is 0 Å². The summed E-state index contributed by atoms with van der Waals surface area (Å²) in [6, 6.07) is 1.24. The molecule has 1 rings (SSSR count). The van der Waals surface area contributed by atoms with E-state index < -0.39 is 0 Å². The minimum Gasteiger partial charge on any atom is -0.329 e. The van der Waals surface area contributed by atoms with Gasteiger partial charge in [0.2, 0.25) is 0 Å². The molecule has 1 aliphatic heterocycles. The standard InChI is InChI=1S/C11H25N3S/c1-10-9-13(2)5-6-14(10)11(8-12)4-7-15-3/h10-11H,4-9,12H2,1-3H3. The van der Waals surface area contributed by atoms with Gasteiger partial charge in [-0.05, 0) is 32.4 Å². The van der Waals surface area contributed by atoms with Crippen LogP contribution in [0.2, 0.25) is 0 Å². The lowest BCUT2D eigenvalue weighted by Gasteiger charge is -2.42. The second kappa shape index (κ2) is 6.74. The first kappa shape index (κ1) is 13.3. The van der Waals surface area contributed by atoms with E-state index in [1.165, 1.54) is 31.8 Å². The fraction of sp³-hybridized carbons (Fsp3) is 1.00. The van der Waals surface area contributed by atoms with Crippen LogP contribution < -0.4 is 5.73 Å². The van der Waals surface area contributed by atoms with Crippen molar-refractivity contribution in [2.45, 2.75) is 25.4 Å².